The summed E-state index contributed by atoms with van der Waals surface area (Å²) in [5.41, 5.74) is 1.59. The first-order valence-electron chi connectivity index (χ1n) is 8.21. The van der Waals surface area contributed by atoms with Crippen LogP contribution in [0.5, 0.6) is 0 Å². The van der Waals surface area contributed by atoms with Gasteiger partial charge in [0.05, 0.1) is 17.3 Å². The molecule has 0 saturated carbocycles. The van der Waals surface area contributed by atoms with E-state index in [-0.39, 0.29) is 15.9 Å². The number of carboxylic acid groups (broad SMARTS) is 1. The van der Waals surface area contributed by atoms with E-state index in [1.807, 2.05) is 24.0 Å². The van der Waals surface area contributed by atoms with E-state index in [4.69, 9.17) is 11.6 Å². The zero-order chi connectivity index (χ0) is 19.6. The van der Waals surface area contributed by atoms with Crippen LogP contribution in [0.4, 0.5) is 4.39 Å². The SMILES string of the molecule is CCN1C(c2ccccn2)=NC(CBr)=C(C(=O)O)C1c1ccc(F)cc1Cl. The molecule has 1 unspecified atom stereocenters. The van der Waals surface area contributed by atoms with E-state index in [1.165, 1.54) is 18.2 Å². The number of pyridine rings is 1. The molecule has 1 aromatic carbocycles. The summed E-state index contributed by atoms with van der Waals surface area (Å²) in [6.45, 7) is 2.35. The molecule has 0 amide bonds. The molecule has 0 radical (unpaired) electrons. The molecule has 1 atom stereocenters. The van der Waals surface area contributed by atoms with Crippen molar-refractivity contribution in [2.24, 2.45) is 4.99 Å². The number of likely N-dealkylation sites (N-methyl/N-ethyl adjacent to an activating group) is 1. The minimum Gasteiger partial charge on any atom is -0.478 e. The average Bonchev–Trinajstić information content (AvgIpc) is 2.67. The van der Waals surface area contributed by atoms with Crippen LogP contribution in [-0.2, 0) is 4.79 Å². The molecule has 140 valence electrons. The number of carboxylic acids is 1. The monoisotopic (exact) mass is 451 g/mol. The van der Waals surface area contributed by atoms with Crippen LogP contribution in [0.1, 0.15) is 24.2 Å². The van der Waals surface area contributed by atoms with Crippen molar-refractivity contribution in [1.29, 1.82) is 0 Å². The van der Waals surface area contributed by atoms with Crippen molar-refractivity contribution in [3.8, 4) is 0 Å². The van der Waals surface area contributed by atoms with Gasteiger partial charge in [-0.1, -0.05) is 39.7 Å². The lowest BCUT2D eigenvalue weighted by molar-refractivity contribution is -0.133. The van der Waals surface area contributed by atoms with Crippen LogP contribution in [0.25, 0.3) is 0 Å². The van der Waals surface area contributed by atoms with E-state index in [0.717, 1.165) is 0 Å². The number of nitrogens with zero attached hydrogens (tertiary/aromatic N) is 3. The van der Waals surface area contributed by atoms with Crippen LogP contribution in [0.3, 0.4) is 0 Å². The van der Waals surface area contributed by atoms with Gasteiger partial charge in [0, 0.05) is 23.1 Å². The van der Waals surface area contributed by atoms with Crippen molar-refractivity contribution >= 4 is 39.3 Å². The molecule has 1 aliphatic rings. The minimum atomic E-state index is -1.10. The summed E-state index contributed by atoms with van der Waals surface area (Å²) in [6, 6.07) is 8.69. The zero-order valence-electron chi connectivity index (χ0n) is 14.4. The third-order valence-corrected chi connectivity index (χ3v) is 5.12. The van der Waals surface area contributed by atoms with Gasteiger partial charge in [-0.15, -0.1) is 0 Å². The molecule has 27 heavy (non-hydrogen) atoms. The second-order valence-corrected chi connectivity index (χ2v) is 6.77. The highest BCUT2D eigenvalue weighted by Gasteiger charge is 2.37. The van der Waals surface area contributed by atoms with Gasteiger partial charge in [0.15, 0.2) is 5.84 Å². The Balaban J connectivity index is 2.27. The molecule has 5 nitrogen and oxygen atoms in total. The third kappa shape index (κ3) is 3.75. The predicted molar refractivity (Wildman–Crippen MR) is 106 cm³/mol. The molecule has 8 heteroatoms. The van der Waals surface area contributed by atoms with Crippen LogP contribution >= 0.6 is 27.5 Å². The number of halogens is 3. The summed E-state index contributed by atoms with van der Waals surface area (Å²) in [5, 5.41) is 10.3. The first kappa shape index (κ1) is 19.5. The normalized spacial score (nSPS) is 17.1. The number of amidine groups is 1. The summed E-state index contributed by atoms with van der Waals surface area (Å²) in [5.74, 6) is -1.04. The van der Waals surface area contributed by atoms with Crippen LogP contribution in [0.2, 0.25) is 5.02 Å². The van der Waals surface area contributed by atoms with Gasteiger partial charge in [-0.05, 0) is 36.8 Å². The number of benzene rings is 1. The first-order valence-corrected chi connectivity index (χ1v) is 9.71. The maximum absolute atomic E-state index is 13.6. The summed E-state index contributed by atoms with van der Waals surface area (Å²) >= 11 is 9.62. The zero-order valence-corrected chi connectivity index (χ0v) is 16.7. The Morgan fingerprint density at radius 3 is 2.70 bits per heavy atom. The van der Waals surface area contributed by atoms with E-state index < -0.39 is 17.8 Å². The Morgan fingerprint density at radius 1 is 1.37 bits per heavy atom. The first-order chi connectivity index (χ1) is 13.0. The van der Waals surface area contributed by atoms with Gasteiger partial charge in [-0.3, -0.25) is 4.98 Å². The molecular weight excluding hydrogens is 437 g/mol. The molecule has 1 aliphatic heterocycles. The van der Waals surface area contributed by atoms with Gasteiger partial charge < -0.3 is 10.0 Å². The molecule has 0 fully saturated rings. The standard InChI is InChI=1S/C19H16BrClFN3O2/c1-2-25-17(12-7-6-11(22)9-13(12)21)16(19(26)27)15(10-20)24-18(25)14-5-3-4-8-23-14/h3-9,17H,2,10H2,1H3,(H,26,27). The fourth-order valence-electron chi connectivity index (χ4n) is 3.11. The molecule has 0 saturated heterocycles. The Morgan fingerprint density at radius 2 is 2.15 bits per heavy atom. The molecule has 1 N–H and O–H groups in total. The molecule has 0 aliphatic carbocycles. The van der Waals surface area contributed by atoms with Crippen molar-refractivity contribution in [3.05, 3.63) is 76.0 Å². The maximum atomic E-state index is 13.6. The Bertz CT molecular complexity index is 934. The van der Waals surface area contributed by atoms with Crippen LogP contribution in [-0.4, -0.2) is 38.7 Å². The molecule has 3 rings (SSSR count). The molecule has 0 bridgehead atoms. The van der Waals surface area contributed by atoms with Crippen LogP contribution in [0.15, 0.2) is 58.9 Å². The highest BCUT2D eigenvalue weighted by molar-refractivity contribution is 9.09. The summed E-state index contributed by atoms with van der Waals surface area (Å²) < 4.78 is 13.6. The van der Waals surface area contributed by atoms with E-state index >= 15 is 0 Å². The van der Waals surface area contributed by atoms with Gasteiger partial charge in [-0.2, -0.15) is 0 Å². The van der Waals surface area contributed by atoms with Gasteiger partial charge in [-0.25, -0.2) is 14.2 Å². The van der Waals surface area contributed by atoms with Crippen molar-refractivity contribution in [2.45, 2.75) is 13.0 Å². The maximum Gasteiger partial charge on any atom is 0.335 e. The van der Waals surface area contributed by atoms with Gasteiger partial charge in [0.25, 0.3) is 0 Å². The molecule has 1 aromatic heterocycles. The number of aliphatic carboxylic acids is 1. The predicted octanol–water partition coefficient (Wildman–Crippen LogP) is 4.43. The number of hydrogen-bond donors (Lipinski definition) is 1. The summed E-state index contributed by atoms with van der Waals surface area (Å²) in [6.07, 6.45) is 1.65. The molecular formula is C19H16BrClFN3O2. The molecule has 2 heterocycles. The van der Waals surface area contributed by atoms with Crippen molar-refractivity contribution in [3.63, 3.8) is 0 Å². The van der Waals surface area contributed by atoms with E-state index in [2.05, 4.69) is 25.9 Å². The lowest BCUT2D eigenvalue weighted by Crippen LogP contribution is -2.41. The van der Waals surface area contributed by atoms with Crippen molar-refractivity contribution in [1.82, 2.24) is 9.88 Å². The number of alkyl halides is 1. The van der Waals surface area contributed by atoms with Crippen molar-refractivity contribution < 1.29 is 14.3 Å². The van der Waals surface area contributed by atoms with E-state index in [9.17, 15) is 14.3 Å². The highest BCUT2D eigenvalue weighted by Crippen LogP contribution is 2.39. The number of carbonyl (C=O) groups is 1. The molecule has 2 aromatic rings. The van der Waals surface area contributed by atoms with E-state index in [1.54, 1.807) is 12.3 Å². The number of aromatic nitrogens is 1. The minimum absolute atomic E-state index is 0.0990. The fourth-order valence-corrected chi connectivity index (χ4v) is 3.81. The van der Waals surface area contributed by atoms with E-state index in [0.29, 0.717) is 29.3 Å². The Labute approximate surface area is 169 Å². The Kier molecular flexibility index (Phi) is 5.92. The third-order valence-electron chi connectivity index (χ3n) is 4.26. The van der Waals surface area contributed by atoms with Crippen molar-refractivity contribution in [2.75, 3.05) is 11.9 Å². The van der Waals surface area contributed by atoms with Gasteiger partial charge in [0.2, 0.25) is 0 Å². The van der Waals surface area contributed by atoms with Crippen LogP contribution < -0.4 is 0 Å². The number of hydrogen-bond acceptors (Lipinski definition) is 4. The number of aliphatic imine (C=N–C) groups is 1. The van der Waals surface area contributed by atoms with Crippen LogP contribution in [0, 0.1) is 5.82 Å². The topological polar surface area (TPSA) is 65.8 Å². The summed E-state index contributed by atoms with van der Waals surface area (Å²) in [4.78, 5) is 22.8. The smallest absolute Gasteiger partial charge is 0.335 e. The average molecular weight is 453 g/mol. The number of allylic oxidation sites excluding steroid dienone is 1. The lowest BCUT2D eigenvalue weighted by atomic mass is 9.93. The largest absolute Gasteiger partial charge is 0.478 e. The second kappa shape index (κ2) is 8.19. The Hall–Kier alpha value is -2.25. The quantitative estimate of drug-likeness (QED) is 0.682. The summed E-state index contributed by atoms with van der Waals surface area (Å²) in [7, 11) is 0. The highest BCUT2D eigenvalue weighted by atomic mass is 79.9. The van der Waals surface area contributed by atoms with Gasteiger partial charge in [0.1, 0.15) is 11.5 Å². The fraction of sp³-hybridized carbons (Fsp3) is 0.211. The molecule has 0 spiro atoms. The second-order valence-electron chi connectivity index (χ2n) is 5.80. The lowest BCUT2D eigenvalue weighted by Gasteiger charge is -2.38. The van der Waals surface area contributed by atoms with Gasteiger partial charge >= 0.3 is 5.97 Å². The number of rotatable bonds is 5.